The third-order valence-corrected chi connectivity index (χ3v) is 4.88. The predicted molar refractivity (Wildman–Crippen MR) is 101 cm³/mol. The maximum Gasteiger partial charge on any atom is 0.222 e. The Balaban J connectivity index is 0.00000288. The molecule has 0 aromatic heterocycles. The van der Waals surface area contributed by atoms with E-state index in [9.17, 15) is 4.79 Å². The maximum absolute atomic E-state index is 12.3. The van der Waals surface area contributed by atoms with Gasteiger partial charge in [-0.05, 0) is 36.5 Å². The normalized spacial score (nSPS) is 19.5. The second-order valence-corrected chi connectivity index (χ2v) is 7.57. The molecule has 0 saturated carbocycles. The van der Waals surface area contributed by atoms with Crippen molar-refractivity contribution in [3.05, 3.63) is 28.2 Å². The number of nitrogens with zero attached hydrogens (tertiary/aromatic N) is 1. The van der Waals surface area contributed by atoms with Crippen LogP contribution in [0.3, 0.4) is 0 Å². The number of ether oxygens (including phenoxy) is 1. The monoisotopic (exact) mass is 394 g/mol. The number of carbonyl (C=O) groups excluding carboxylic acids is 1. The molecular weight excluding hydrogens is 371 g/mol. The van der Waals surface area contributed by atoms with Gasteiger partial charge in [0.15, 0.2) is 0 Å². The lowest BCUT2D eigenvalue weighted by Gasteiger charge is -2.42. The Hall–Kier alpha value is -0.680. The van der Waals surface area contributed by atoms with Gasteiger partial charge >= 0.3 is 0 Å². The van der Waals surface area contributed by atoms with Crippen molar-refractivity contribution >= 4 is 41.5 Å². The second kappa shape index (κ2) is 9.14. The van der Waals surface area contributed by atoms with E-state index in [2.05, 4.69) is 13.8 Å². The van der Waals surface area contributed by atoms with E-state index >= 15 is 0 Å². The Labute approximate surface area is 160 Å². The van der Waals surface area contributed by atoms with Gasteiger partial charge in [0.2, 0.25) is 5.91 Å². The minimum Gasteiger partial charge on any atom is -0.492 e. The highest BCUT2D eigenvalue weighted by atomic mass is 35.5. The summed E-state index contributed by atoms with van der Waals surface area (Å²) in [5, 5.41) is 1.05. The van der Waals surface area contributed by atoms with Gasteiger partial charge in [-0.25, -0.2) is 0 Å². The summed E-state index contributed by atoms with van der Waals surface area (Å²) in [6.07, 6.45) is 1.98. The molecule has 136 valence electrons. The molecule has 1 aliphatic rings. The van der Waals surface area contributed by atoms with Crippen LogP contribution in [0.25, 0.3) is 0 Å². The third-order valence-electron chi connectivity index (χ3n) is 4.35. The molecule has 0 bridgehead atoms. The molecule has 7 heteroatoms. The average molecular weight is 396 g/mol. The number of benzene rings is 1. The minimum absolute atomic E-state index is 0. The molecule has 1 aliphatic heterocycles. The summed E-state index contributed by atoms with van der Waals surface area (Å²) in [6.45, 7) is 6.14. The summed E-state index contributed by atoms with van der Waals surface area (Å²) in [6, 6.07) is 5.26. The van der Waals surface area contributed by atoms with Crippen molar-refractivity contribution in [3.63, 3.8) is 0 Å². The van der Waals surface area contributed by atoms with Crippen LogP contribution in [0.1, 0.15) is 33.1 Å². The molecule has 1 amide bonds. The lowest BCUT2D eigenvalue weighted by molar-refractivity contribution is -0.134. The molecule has 24 heavy (non-hydrogen) atoms. The first kappa shape index (κ1) is 21.4. The topological polar surface area (TPSA) is 55.6 Å². The van der Waals surface area contributed by atoms with Gasteiger partial charge in [-0.15, -0.1) is 12.4 Å². The van der Waals surface area contributed by atoms with Crippen LogP contribution >= 0.6 is 35.6 Å². The smallest absolute Gasteiger partial charge is 0.222 e. The molecule has 1 heterocycles. The van der Waals surface area contributed by atoms with E-state index in [4.69, 9.17) is 33.7 Å². The largest absolute Gasteiger partial charge is 0.492 e. The number of halogens is 3. The van der Waals surface area contributed by atoms with Crippen LogP contribution in [0.5, 0.6) is 5.75 Å². The standard InChI is InChI=1S/C17H24Cl2N2O2.ClH/c1-17(2)11-21(8-7-15(17)20)16(22)4-3-9-23-14-6-5-12(18)10-13(14)19;/h5-6,10,15H,3-4,7-9,11,20H2,1-2H3;1H. The SMILES string of the molecule is CC1(C)CN(C(=O)CCCOc2ccc(Cl)cc2Cl)CCC1N.Cl. The first-order valence-corrected chi connectivity index (χ1v) is 8.66. The first-order valence-electron chi connectivity index (χ1n) is 7.91. The highest BCUT2D eigenvalue weighted by molar-refractivity contribution is 6.35. The number of hydrogen-bond donors (Lipinski definition) is 1. The van der Waals surface area contributed by atoms with Gasteiger partial charge in [0.05, 0.1) is 11.6 Å². The molecule has 2 N–H and O–H groups in total. The zero-order valence-electron chi connectivity index (χ0n) is 14.1. The van der Waals surface area contributed by atoms with Crippen LogP contribution in [0.15, 0.2) is 18.2 Å². The number of rotatable bonds is 5. The van der Waals surface area contributed by atoms with Crippen molar-refractivity contribution in [1.29, 1.82) is 0 Å². The highest BCUT2D eigenvalue weighted by Crippen LogP contribution is 2.29. The van der Waals surface area contributed by atoms with Crippen LogP contribution in [0.2, 0.25) is 10.0 Å². The zero-order valence-corrected chi connectivity index (χ0v) is 16.4. The van der Waals surface area contributed by atoms with Crippen LogP contribution in [0.4, 0.5) is 0 Å². The fourth-order valence-corrected chi connectivity index (χ4v) is 3.21. The van der Waals surface area contributed by atoms with Gasteiger partial charge < -0.3 is 15.4 Å². The van der Waals surface area contributed by atoms with E-state index in [1.807, 2.05) is 4.90 Å². The summed E-state index contributed by atoms with van der Waals surface area (Å²) in [4.78, 5) is 14.2. The van der Waals surface area contributed by atoms with E-state index < -0.39 is 0 Å². The third kappa shape index (κ3) is 5.69. The van der Waals surface area contributed by atoms with Gasteiger partial charge in [0.1, 0.15) is 5.75 Å². The number of hydrogen-bond acceptors (Lipinski definition) is 3. The quantitative estimate of drug-likeness (QED) is 0.762. The van der Waals surface area contributed by atoms with E-state index in [0.29, 0.717) is 35.2 Å². The van der Waals surface area contributed by atoms with Gasteiger partial charge in [-0.3, -0.25) is 4.79 Å². The lowest BCUT2D eigenvalue weighted by atomic mass is 9.79. The molecule has 4 nitrogen and oxygen atoms in total. The van der Waals surface area contributed by atoms with E-state index in [1.165, 1.54) is 0 Å². The van der Waals surface area contributed by atoms with E-state index in [0.717, 1.165) is 19.5 Å². The lowest BCUT2D eigenvalue weighted by Crippen LogP contribution is -2.54. The summed E-state index contributed by atoms with van der Waals surface area (Å²) < 4.78 is 5.61. The van der Waals surface area contributed by atoms with Crippen molar-refractivity contribution in [3.8, 4) is 5.75 Å². The number of carbonyl (C=O) groups is 1. The van der Waals surface area contributed by atoms with E-state index in [-0.39, 0.29) is 29.8 Å². The fraction of sp³-hybridized carbons (Fsp3) is 0.588. The van der Waals surface area contributed by atoms with Gasteiger partial charge in [-0.1, -0.05) is 37.0 Å². The van der Waals surface area contributed by atoms with Gasteiger partial charge in [-0.2, -0.15) is 0 Å². The molecule has 1 aromatic carbocycles. The molecular formula is C17H25Cl3N2O2. The Kier molecular flexibility index (Phi) is 8.13. The Morgan fingerprint density at radius 3 is 2.75 bits per heavy atom. The Morgan fingerprint density at radius 2 is 2.12 bits per heavy atom. The van der Waals surface area contributed by atoms with Crippen LogP contribution in [0, 0.1) is 5.41 Å². The predicted octanol–water partition coefficient (Wildman–Crippen LogP) is 4.16. The van der Waals surface area contributed by atoms with Crippen LogP contribution < -0.4 is 10.5 Å². The zero-order chi connectivity index (χ0) is 17.0. The molecule has 1 saturated heterocycles. The summed E-state index contributed by atoms with van der Waals surface area (Å²) >= 11 is 11.9. The first-order chi connectivity index (χ1) is 10.8. The fourth-order valence-electron chi connectivity index (χ4n) is 2.74. The average Bonchev–Trinajstić information content (AvgIpc) is 2.48. The van der Waals surface area contributed by atoms with E-state index in [1.54, 1.807) is 18.2 Å². The maximum atomic E-state index is 12.3. The van der Waals surface area contributed by atoms with Gasteiger partial charge in [0.25, 0.3) is 0 Å². The molecule has 0 spiro atoms. The molecule has 0 radical (unpaired) electrons. The van der Waals surface area contributed by atoms with Crippen LogP contribution in [-0.2, 0) is 4.79 Å². The number of piperidine rings is 1. The summed E-state index contributed by atoms with van der Waals surface area (Å²) in [7, 11) is 0. The number of amides is 1. The Bertz CT molecular complexity index is 567. The van der Waals surface area contributed by atoms with Crippen LogP contribution in [-0.4, -0.2) is 36.5 Å². The second-order valence-electron chi connectivity index (χ2n) is 6.73. The molecule has 0 aliphatic carbocycles. The number of likely N-dealkylation sites (tertiary alicyclic amines) is 1. The van der Waals surface area contributed by atoms with Crippen molar-refractivity contribution in [2.45, 2.75) is 39.2 Å². The van der Waals surface area contributed by atoms with Crippen molar-refractivity contribution < 1.29 is 9.53 Å². The highest BCUT2D eigenvalue weighted by Gasteiger charge is 2.34. The summed E-state index contributed by atoms with van der Waals surface area (Å²) in [5.74, 6) is 0.754. The Morgan fingerprint density at radius 1 is 1.42 bits per heavy atom. The minimum atomic E-state index is -0.0265. The number of nitrogens with two attached hydrogens (primary N) is 1. The molecule has 1 unspecified atom stereocenters. The van der Waals surface area contributed by atoms with Gasteiger partial charge in [0, 0.05) is 30.6 Å². The molecule has 2 rings (SSSR count). The van der Waals surface area contributed by atoms with Crippen molar-refractivity contribution in [1.82, 2.24) is 4.90 Å². The van der Waals surface area contributed by atoms with Crippen molar-refractivity contribution in [2.24, 2.45) is 11.1 Å². The van der Waals surface area contributed by atoms with Crippen molar-refractivity contribution in [2.75, 3.05) is 19.7 Å². The molecule has 1 aromatic rings. The molecule has 1 fully saturated rings. The summed E-state index contributed by atoms with van der Waals surface area (Å²) in [5.41, 5.74) is 6.08. The molecule has 1 atom stereocenters.